The number of hydrogen-bond donors (Lipinski definition) is 1. The number of amides is 1. The Balaban J connectivity index is 1.78. The second kappa shape index (κ2) is 9.05. The highest BCUT2D eigenvalue weighted by Gasteiger charge is 2.34. The lowest BCUT2D eigenvalue weighted by atomic mass is 9.99. The van der Waals surface area contributed by atoms with Crippen LogP contribution in [0.25, 0.3) is 0 Å². The number of sulfonamides is 1. The van der Waals surface area contributed by atoms with Crippen molar-refractivity contribution in [1.29, 1.82) is 0 Å². The average Bonchev–Trinajstić information content (AvgIpc) is 2.70. The number of hydrogen-bond acceptors (Lipinski definition) is 4. The zero-order valence-electron chi connectivity index (χ0n) is 15.2. The second-order valence-electron chi connectivity index (χ2n) is 6.47. The number of halogens is 2. The van der Waals surface area contributed by atoms with Crippen molar-refractivity contribution in [2.45, 2.75) is 22.6 Å². The van der Waals surface area contributed by atoms with E-state index >= 15 is 0 Å². The van der Waals surface area contributed by atoms with Gasteiger partial charge in [-0.1, -0.05) is 35.3 Å². The molecule has 1 aliphatic heterocycles. The van der Waals surface area contributed by atoms with Gasteiger partial charge in [0.1, 0.15) is 4.90 Å². The van der Waals surface area contributed by atoms with Crippen LogP contribution in [-0.4, -0.2) is 38.0 Å². The molecule has 1 fully saturated rings. The molecule has 5 nitrogen and oxygen atoms in total. The molecule has 150 valence electrons. The van der Waals surface area contributed by atoms with Gasteiger partial charge in [-0.2, -0.15) is 4.31 Å². The van der Waals surface area contributed by atoms with E-state index in [1.165, 1.54) is 16.4 Å². The Morgan fingerprint density at radius 3 is 2.71 bits per heavy atom. The number of anilines is 1. The van der Waals surface area contributed by atoms with Crippen molar-refractivity contribution in [3.63, 3.8) is 0 Å². The molecule has 0 radical (unpaired) electrons. The molecule has 1 saturated heterocycles. The van der Waals surface area contributed by atoms with Crippen molar-refractivity contribution in [3.8, 4) is 0 Å². The van der Waals surface area contributed by atoms with Gasteiger partial charge in [0.15, 0.2) is 0 Å². The fraction of sp³-hybridized carbons (Fsp3) is 0.316. The summed E-state index contributed by atoms with van der Waals surface area (Å²) in [7, 11) is -3.83. The first-order chi connectivity index (χ1) is 13.3. The molecule has 1 aliphatic rings. The van der Waals surface area contributed by atoms with Crippen molar-refractivity contribution in [2.75, 3.05) is 24.7 Å². The van der Waals surface area contributed by atoms with Gasteiger partial charge in [-0.25, -0.2) is 8.42 Å². The molecule has 2 aromatic carbocycles. The van der Waals surface area contributed by atoms with E-state index in [4.69, 9.17) is 23.2 Å². The molecule has 1 heterocycles. The molecule has 28 heavy (non-hydrogen) atoms. The van der Waals surface area contributed by atoms with E-state index in [0.717, 1.165) is 10.6 Å². The van der Waals surface area contributed by atoms with Gasteiger partial charge in [-0.05, 0) is 49.4 Å². The summed E-state index contributed by atoms with van der Waals surface area (Å²) in [4.78, 5) is 13.7. The quantitative estimate of drug-likeness (QED) is 0.656. The predicted octanol–water partition coefficient (Wildman–Crippen LogP) is 4.75. The molecule has 0 bridgehead atoms. The SMILES string of the molecule is CSc1ccccc1NC(=O)C1CCCN(S(=O)(=O)c2cc(Cl)ccc2Cl)C1. The zero-order chi connectivity index (χ0) is 20.3. The van der Waals surface area contributed by atoms with E-state index in [1.807, 2.05) is 30.5 Å². The Morgan fingerprint density at radius 2 is 1.96 bits per heavy atom. The standard InChI is InChI=1S/C19H20Cl2N2O3S2/c1-27-17-7-3-2-6-16(17)22-19(24)13-5-4-10-23(12-13)28(25,26)18-11-14(20)8-9-15(18)21/h2-3,6-9,11,13H,4-5,10,12H2,1H3,(H,22,24). The summed E-state index contributed by atoms with van der Waals surface area (Å²) >= 11 is 13.6. The summed E-state index contributed by atoms with van der Waals surface area (Å²) in [5.74, 6) is -0.616. The van der Waals surface area contributed by atoms with Crippen LogP contribution < -0.4 is 5.32 Å². The number of carbonyl (C=O) groups excluding carboxylic acids is 1. The van der Waals surface area contributed by atoms with E-state index in [-0.39, 0.29) is 22.4 Å². The highest BCUT2D eigenvalue weighted by molar-refractivity contribution is 7.98. The number of rotatable bonds is 5. The maximum Gasteiger partial charge on any atom is 0.244 e. The van der Waals surface area contributed by atoms with Gasteiger partial charge >= 0.3 is 0 Å². The molecule has 0 aromatic heterocycles. The zero-order valence-corrected chi connectivity index (χ0v) is 18.3. The summed E-state index contributed by atoms with van der Waals surface area (Å²) in [6.45, 7) is 0.453. The normalized spacial score (nSPS) is 18.0. The van der Waals surface area contributed by atoms with E-state index in [0.29, 0.717) is 24.4 Å². The van der Waals surface area contributed by atoms with Gasteiger partial charge in [0.05, 0.1) is 16.6 Å². The van der Waals surface area contributed by atoms with Gasteiger partial charge in [-0.3, -0.25) is 4.79 Å². The lowest BCUT2D eigenvalue weighted by Gasteiger charge is -2.31. The molecule has 1 unspecified atom stereocenters. The van der Waals surface area contributed by atoms with Crippen LogP contribution in [-0.2, 0) is 14.8 Å². The summed E-state index contributed by atoms with van der Waals surface area (Å²) in [6.07, 6.45) is 3.16. The number of nitrogens with zero attached hydrogens (tertiary/aromatic N) is 1. The lowest BCUT2D eigenvalue weighted by Crippen LogP contribution is -2.43. The third-order valence-electron chi connectivity index (χ3n) is 4.63. The number of para-hydroxylation sites is 1. The molecular formula is C19H20Cl2N2O3S2. The fourth-order valence-corrected chi connectivity index (χ4v) is 5.99. The number of thioether (sulfide) groups is 1. The molecule has 1 N–H and O–H groups in total. The highest BCUT2D eigenvalue weighted by Crippen LogP contribution is 2.31. The summed E-state index contributed by atoms with van der Waals surface area (Å²) in [6, 6.07) is 11.9. The van der Waals surface area contributed by atoms with Crippen LogP contribution in [0.15, 0.2) is 52.3 Å². The molecule has 9 heteroatoms. The van der Waals surface area contributed by atoms with Gasteiger partial charge < -0.3 is 5.32 Å². The highest BCUT2D eigenvalue weighted by atomic mass is 35.5. The smallest absolute Gasteiger partial charge is 0.244 e. The third kappa shape index (κ3) is 4.66. The molecule has 1 atom stereocenters. The predicted molar refractivity (Wildman–Crippen MR) is 115 cm³/mol. The minimum Gasteiger partial charge on any atom is -0.325 e. The molecule has 2 aromatic rings. The monoisotopic (exact) mass is 458 g/mol. The third-order valence-corrected chi connectivity index (χ3v) is 8.01. The van der Waals surface area contributed by atoms with Crippen LogP contribution in [0.4, 0.5) is 5.69 Å². The molecule has 3 rings (SSSR count). The minimum absolute atomic E-state index is 0.0320. The molecule has 0 saturated carbocycles. The number of piperidine rings is 1. The van der Waals surface area contributed by atoms with E-state index in [1.54, 1.807) is 17.8 Å². The van der Waals surface area contributed by atoms with Crippen LogP contribution in [0.1, 0.15) is 12.8 Å². The Kier molecular flexibility index (Phi) is 6.94. The van der Waals surface area contributed by atoms with Gasteiger partial charge in [-0.15, -0.1) is 11.8 Å². The Hall–Kier alpha value is -1.25. The molecule has 0 aliphatic carbocycles. The molecule has 0 spiro atoms. The molecular weight excluding hydrogens is 439 g/mol. The van der Waals surface area contributed by atoms with Crippen molar-refractivity contribution in [3.05, 3.63) is 52.5 Å². The topological polar surface area (TPSA) is 66.5 Å². The number of carbonyl (C=O) groups is 1. The first kappa shape index (κ1) is 21.5. The maximum absolute atomic E-state index is 13.0. The average molecular weight is 459 g/mol. The number of nitrogens with one attached hydrogen (secondary N) is 1. The van der Waals surface area contributed by atoms with Crippen LogP contribution in [0.5, 0.6) is 0 Å². The largest absolute Gasteiger partial charge is 0.325 e. The van der Waals surface area contributed by atoms with Crippen molar-refractivity contribution in [1.82, 2.24) is 4.31 Å². The summed E-state index contributed by atoms with van der Waals surface area (Å²) in [5.41, 5.74) is 0.734. The first-order valence-electron chi connectivity index (χ1n) is 8.72. The van der Waals surface area contributed by atoms with Crippen LogP contribution in [0, 0.1) is 5.92 Å². The summed E-state index contributed by atoms with van der Waals surface area (Å²) in [5, 5.41) is 3.35. The molecule has 1 amide bonds. The Bertz CT molecular complexity index is 983. The van der Waals surface area contributed by atoms with Crippen molar-refractivity contribution >= 4 is 56.6 Å². The van der Waals surface area contributed by atoms with E-state index in [2.05, 4.69) is 5.32 Å². The van der Waals surface area contributed by atoms with Crippen molar-refractivity contribution in [2.24, 2.45) is 5.92 Å². The van der Waals surface area contributed by atoms with Gasteiger partial charge in [0.2, 0.25) is 15.9 Å². The summed E-state index contributed by atoms with van der Waals surface area (Å²) < 4.78 is 27.4. The van der Waals surface area contributed by atoms with Crippen molar-refractivity contribution < 1.29 is 13.2 Å². The Morgan fingerprint density at radius 1 is 1.21 bits per heavy atom. The minimum atomic E-state index is -3.83. The second-order valence-corrected chi connectivity index (χ2v) is 10.1. The fourth-order valence-electron chi connectivity index (χ4n) is 3.17. The lowest BCUT2D eigenvalue weighted by molar-refractivity contribution is -0.120. The van der Waals surface area contributed by atoms with E-state index < -0.39 is 15.9 Å². The van der Waals surface area contributed by atoms with Crippen LogP contribution in [0.3, 0.4) is 0 Å². The van der Waals surface area contributed by atoms with Gasteiger partial charge in [0.25, 0.3) is 0 Å². The van der Waals surface area contributed by atoms with Crippen LogP contribution in [0.2, 0.25) is 10.0 Å². The first-order valence-corrected chi connectivity index (χ1v) is 12.1. The Labute approximate surface area is 179 Å². The van der Waals surface area contributed by atoms with Gasteiger partial charge in [0, 0.05) is 23.0 Å². The maximum atomic E-state index is 13.0. The number of benzene rings is 2. The van der Waals surface area contributed by atoms with E-state index in [9.17, 15) is 13.2 Å². The van der Waals surface area contributed by atoms with Crippen LogP contribution >= 0.6 is 35.0 Å².